The molecule has 0 saturated carbocycles. The molecule has 0 aromatic heterocycles. The van der Waals surface area contributed by atoms with Gasteiger partial charge in [0.05, 0.1) is 11.4 Å². The van der Waals surface area contributed by atoms with Gasteiger partial charge in [-0.05, 0) is 36.8 Å². The van der Waals surface area contributed by atoms with Crippen molar-refractivity contribution >= 4 is 27.3 Å². The maximum atomic E-state index is 12.1. The Morgan fingerprint density at radius 1 is 1.05 bits per heavy atom. The summed E-state index contributed by atoms with van der Waals surface area (Å²) in [6, 6.07) is 15.8. The van der Waals surface area contributed by atoms with Gasteiger partial charge >= 0.3 is 0 Å². The van der Waals surface area contributed by atoms with E-state index < -0.39 is 10.0 Å². The molecule has 6 heteroatoms. The van der Waals surface area contributed by atoms with Crippen LogP contribution in [0.15, 0.2) is 54.6 Å². The van der Waals surface area contributed by atoms with Crippen molar-refractivity contribution in [1.29, 1.82) is 0 Å². The molecule has 22 heavy (non-hydrogen) atoms. The van der Waals surface area contributed by atoms with Crippen LogP contribution >= 0.6 is 0 Å². The Balaban J connectivity index is 1.82. The fraction of sp³-hybridized carbons (Fsp3) is 0.188. The van der Waals surface area contributed by atoms with Gasteiger partial charge in [0.15, 0.2) is 0 Å². The lowest BCUT2D eigenvalue weighted by Crippen LogP contribution is -2.25. The highest BCUT2D eigenvalue weighted by molar-refractivity contribution is 7.93. The molecule has 5 nitrogen and oxygen atoms in total. The van der Waals surface area contributed by atoms with Gasteiger partial charge in [0, 0.05) is 17.8 Å². The molecule has 2 aromatic carbocycles. The SMILES string of the molecule is O=C(Nc1cccc(N2CCCS2(=O)=O)c1)c1ccccc1. The molecular formula is C16H16N2O3S. The van der Waals surface area contributed by atoms with E-state index in [-0.39, 0.29) is 11.7 Å². The Bertz CT molecular complexity index is 788. The van der Waals surface area contributed by atoms with Crippen molar-refractivity contribution in [2.24, 2.45) is 0 Å². The van der Waals surface area contributed by atoms with Crippen LogP contribution in [-0.4, -0.2) is 26.6 Å². The summed E-state index contributed by atoms with van der Waals surface area (Å²) in [5, 5.41) is 2.79. The molecule has 0 unspecified atom stereocenters. The lowest BCUT2D eigenvalue weighted by molar-refractivity contribution is 0.102. The van der Waals surface area contributed by atoms with Gasteiger partial charge in [-0.2, -0.15) is 0 Å². The first-order valence-corrected chi connectivity index (χ1v) is 8.64. The van der Waals surface area contributed by atoms with Crippen molar-refractivity contribution in [2.45, 2.75) is 6.42 Å². The fourth-order valence-corrected chi connectivity index (χ4v) is 4.02. The largest absolute Gasteiger partial charge is 0.322 e. The molecule has 0 bridgehead atoms. The summed E-state index contributed by atoms with van der Waals surface area (Å²) in [5.41, 5.74) is 1.72. The highest BCUT2D eigenvalue weighted by atomic mass is 32.2. The number of sulfonamides is 1. The molecule has 0 radical (unpaired) electrons. The van der Waals surface area contributed by atoms with E-state index >= 15 is 0 Å². The summed E-state index contributed by atoms with van der Waals surface area (Å²) in [6.07, 6.45) is 0.628. The Labute approximate surface area is 129 Å². The van der Waals surface area contributed by atoms with E-state index in [0.29, 0.717) is 29.9 Å². The first kappa shape index (κ1) is 14.6. The third-order valence-electron chi connectivity index (χ3n) is 3.53. The molecule has 1 N–H and O–H groups in total. The number of benzene rings is 2. The fourth-order valence-electron chi connectivity index (χ4n) is 2.46. The van der Waals surface area contributed by atoms with E-state index in [1.807, 2.05) is 6.07 Å². The van der Waals surface area contributed by atoms with E-state index in [9.17, 15) is 13.2 Å². The Morgan fingerprint density at radius 2 is 1.82 bits per heavy atom. The van der Waals surface area contributed by atoms with Gasteiger partial charge in [-0.15, -0.1) is 0 Å². The molecule has 1 saturated heterocycles. The van der Waals surface area contributed by atoms with Gasteiger partial charge in [0.25, 0.3) is 5.91 Å². The number of carbonyl (C=O) groups is 1. The van der Waals surface area contributed by atoms with Crippen molar-refractivity contribution in [3.63, 3.8) is 0 Å². The molecule has 1 fully saturated rings. The van der Waals surface area contributed by atoms with Crippen molar-refractivity contribution in [2.75, 3.05) is 21.9 Å². The number of rotatable bonds is 3. The monoisotopic (exact) mass is 316 g/mol. The molecular weight excluding hydrogens is 300 g/mol. The molecule has 1 aliphatic heterocycles. The molecule has 1 heterocycles. The molecule has 0 spiro atoms. The smallest absolute Gasteiger partial charge is 0.255 e. The van der Waals surface area contributed by atoms with Crippen molar-refractivity contribution in [3.8, 4) is 0 Å². The predicted octanol–water partition coefficient (Wildman–Crippen LogP) is 2.48. The average Bonchev–Trinajstić information content (AvgIpc) is 2.88. The number of hydrogen-bond acceptors (Lipinski definition) is 3. The van der Waals surface area contributed by atoms with Crippen molar-refractivity contribution < 1.29 is 13.2 Å². The molecule has 3 rings (SSSR count). The summed E-state index contributed by atoms with van der Waals surface area (Å²) in [6.45, 7) is 0.485. The highest BCUT2D eigenvalue weighted by Gasteiger charge is 2.28. The van der Waals surface area contributed by atoms with Crippen LogP contribution in [-0.2, 0) is 10.0 Å². The zero-order valence-electron chi connectivity index (χ0n) is 11.9. The lowest BCUT2D eigenvalue weighted by Gasteiger charge is -2.17. The van der Waals surface area contributed by atoms with Crippen LogP contribution in [0.5, 0.6) is 0 Å². The van der Waals surface area contributed by atoms with E-state index in [1.54, 1.807) is 48.5 Å². The van der Waals surface area contributed by atoms with Gasteiger partial charge in [-0.3, -0.25) is 9.10 Å². The lowest BCUT2D eigenvalue weighted by atomic mass is 10.2. The van der Waals surface area contributed by atoms with E-state index in [1.165, 1.54) is 4.31 Å². The molecule has 1 amide bonds. The molecule has 1 aliphatic rings. The third kappa shape index (κ3) is 2.96. The number of nitrogens with one attached hydrogen (secondary N) is 1. The Morgan fingerprint density at radius 3 is 2.50 bits per heavy atom. The first-order valence-electron chi connectivity index (χ1n) is 7.03. The van der Waals surface area contributed by atoms with Crippen LogP contribution in [0, 0.1) is 0 Å². The van der Waals surface area contributed by atoms with Crippen molar-refractivity contribution in [3.05, 3.63) is 60.2 Å². The summed E-state index contributed by atoms with van der Waals surface area (Å²) >= 11 is 0. The maximum Gasteiger partial charge on any atom is 0.255 e. The van der Waals surface area contributed by atoms with Gasteiger partial charge < -0.3 is 5.32 Å². The standard InChI is InChI=1S/C16H16N2O3S/c19-16(13-6-2-1-3-7-13)17-14-8-4-9-15(12-14)18-10-5-11-22(18,20)21/h1-4,6-9,12H,5,10-11H2,(H,17,19). The van der Waals surface area contributed by atoms with Crippen LogP contribution < -0.4 is 9.62 Å². The molecule has 0 atom stereocenters. The molecule has 114 valence electrons. The van der Waals surface area contributed by atoms with E-state index in [0.717, 1.165) is 0 Å². The Kier molecular flexibility index (Phi) is 3.85. The first-order chi connectivity index (χ1) is 10.6. The second-order valence-electron chi connectivity index (χ2n) is 5.11. The van der Waals surface area contributed by atoms with Crippen LogP contribution in [0.2, 0.25) is 0 Å². The Hall–Kier alpha value is -2.34. The normalized spacial score (nSPS) is 16.5. The number of hydrogen-bond donors (Lipinski definition) is 1. The van der Waals surface area contributed by atoms with Crippen LogP contribution in [0.25, 0.3) is 0 Å². The van der Waals surface area contributed by atoms with Crippen LogP contribution in [0.4, 0.5) is 11.4 Å². The summed E-state index contributed by atoms with van der Waals surface area (Å²) in [5.74, 6) is -0.0461. The summed E-state index contributed by atoms with van der Waals surface area (Å²) in [4.78, 5) is 12.1. The number of anilines is 2. The topological polar surface area (TPSA) is 66.5 Å². The predicted molar refractivity (Wildman–Crippen MR) is 86.6 cm³/mol. The average molecular weight is 316 g/mol. The minimum atomic E-state index is -3.22. The molecule has 0 aliphatic carbocycles. The zero-order valence-corrected chi connectivity index (χ0v) is 12.7. The number of nitrogens with zero attached hydrogens (tertiary/aromatic N) is 1. The minimum absolute atomic E-state index is 0.174. The number of amides is 1. The number of carbonyl (C=O) groups excluding carboxylic acids is 1. The highest BCUT2D eigenvalue weighted by Crippen LogP contribution is 2.26. The summed E-state index contributed by atoms with van der Waals surface area (Å²) < 4.78 is 25.3. The van der Waals surface area contributed by atoms with Crippen LogP contribution in [0.3, 0.4) is 0 Å². The second-order valence-corrected chi connectivity index (χ2v) is 7.13. The molecule has 2 aromatic rings. The second kappa shape index (κ2) is 5.81. The van der Waals surface area contributed by atoms with Gasteiger partial charge in [-0.25, -0.2) is 8.42 Å². The maximum absolute atomic E-state index is 12.1. The van der Waals surface area contributed by atoms with E-state index in [4.69, 9.17) is 0 Å². The van der Waals surface area contributed by atoms with Crippen molar-refractivity contribution in [1.82, 2.24) is 0 Å². The summed E-state index contributed by atoms with van der Waals surface area (Å²) in [7, 11) is -3.22. The van der Waals surface area contributed by atoms with E-state index in [2.05, 4.69) is 5.32 Å². The van der Waals surface area contributed by atoms with Gasteiger partial charge in [0.2, 0.25) is 10.0 Å². The quantitative estimate of drug-likeness (QED) is 0.946. The van der Waals surface area contributed by atoms with Gasteiger partial charge in [0.1, 0.15) is 0 Å². The minimum Gasteiger partial charge on any atom is -0.322 e. The zero-order chi connectivity index (χ0) is 15.6. The van der Waals surface area contributed by atoms with Crippen LogP contribution in [0.1, 0.15) is 16.8 Å². The van der Waals surface area contributed by atoms with Gasteiger partial charge in [-0.1, -0.05) is 24.3 Å². The third-order valence-corrected chi connectivity index (χ3v) is 5.40.